The second kappa shape index (κ2) is 12.1. The van der Waals surface area contributed by atoms with E-state index in [0.717, 1.165) is 18.8 Å². The summed E-state index contributed by atoms with van der Waals surface area (Å²) in [5.74, 6) is -0.180. The van der Waals surface area contributed by atoms with E-state index in [1.165, 1.54) is 36.6 Å². The van der Waals surface area contributed by atoms with Gasteiger partial charge >= 0.3 is 5.97 Å². The highest BCUT2D eigenvalue weighted by atomic mass is 35.5. The van der Waals surface area contributed by atoms with Crippen LogP contribution in [0.25, 0.3) is 0 Å². The third-order valence-corrected chi connectivity index (χ3v) is 6.17. The van der Waals surface area contributed by atoms with Gasteiger partial charge in [-0.3, -0.25) is 9.69 Å². The Kier molecular flexibility index (Phi) is 9.21. The van der Waals surface area contributed by atoms with Gasteiger partial charge in [-0.2, -0.15) is 0 Å². The van der Waals surface area contributed by atoms with Crippen molar-refractivity contribution >= 4 is 35.1 Å². The van der Waals surface area contributed by atoms with Gasteiger partial charge in [0.1, 0.15) is 5.75 Å². The minimum Gasteiger partial charge on any atom is -0.494 e. The highest BCUT2D eigenvalue weighted by Crippen LogP contribution is 2.27. The van der Waals surface area contributed by atoms with Gasteiger partial charge < -0.3 is 14.8 Å². The highest BCUT2D eigenvalue weighted by molar-refractivity contribution is 6.42. The Morgan fingerprint density at radius 1 is 1.09 bits per heavy atom. The van der Waals surface area contributed by atoms with Crippen LogP contribution in [0.5, 0.6) is 5.75 Å². The van der Waals surface area contributed by atoms with Gasteiger partial charge in [0.05, 0.1) is 22.2 Å². The van der Waals surface area contributed by atoms with Crippen molar-refractivity contribution in [3.63, 3.8) is 0 Å². The number of rotatable bonds is 10. The largest absolute Gasteiger partial charge is 0.494 e. The molecule has 8 heteroatoms. The summed E-state index contributed by atoms with van der Waals surface area (Å²) < 4.78 is 10.8. The maximum atomic E-state index is 12.0. The zero-order valence-corrected chi connectivity index (χ0v) is 19.6. The van der Waals surface area contributed by atoms with E-state index in [4.69, 9.17) is 32.7 Å². The summed E-state index contributed by atoms with van der Waals surface area (Å²) in [5.41, 5.74) is 1.49. The molecular weight excluding hydrogens is 451 g/mol. The van der Waals surface area contributed by atoms with E-state index in [9.17, 15) is 9.59 Å². The first kappa shape index (κ1) is 24.4. The zero-order chi connectivity index (χ0) is 22.9. The Morgan fingerprint density at radius 2 is 1.88 bits per heavy atom. The predicted octanol–water partition coefficient (Wildman–Crippen LogP) is 4.89. The molecule has 1 aliphatic heterocycles. The van der Waals surface area contributed by atoms with Crippen LogP contribution in [-0.2, 0) is 9.53 Å². The van der Waals surface area contributed by atoms with Crippen LogP contribution >= 0.6 is 23.2 Å². The monoisotopic (exact) mass is 478 g/mol. The molecule has 0 saturated carbocycles. The summed E-state index contributed by atoms with van der Waals surface area (Å²) in [7, 11) is 0. The SMILES string of the molecule is CC(c1cccc(OCCCNC(=O)COC(=O)c2ccc(Cl)c(Cl)c2)c1)N1CCCC1. The molecule has 3 rings (SSSR count). The number of hydrogen-bond acceptors (Lipinski definition) is 5. The smallest absolute Gasteiger partial charge is 0.338 e. The van der Waals surface area contributed by atoms with E-state index in [1.54, 1.807) is 0 Å². The number of carbonyl (C=O) groups is 2. The van der Waals surface area contributed by atoms with Gasteiger partial charge in [0.15, 0.2) is 6.61 Å². The van der Waals surface area contributed by atoms with Gasteiger partial charge in [-0.25, -0.2) is 4.79 Å². The summed E-state index contributed by atoms with van der Waals surface area (Å²) in [4.78, 5) is 26.4. The Balaban J connectivity index is 1.33. The van der Waals surface area contributed by atoms with Gasteiger partial charge in [-0.05, 0) is 75.2 Å². The lowest BCUT2D eigenvalue weighted by Crippen LogP contribution is -2.30. The van der Waals surface area contributed by atoms with Crippen LogP contribution in [0.4, 0.5) is 0 Å². The van der Waals surface area contributed by atoms with Crippen molar-refractivity contribution < 1.29 is 19.1 Å². The van der Waals surface area contributed by atoms with Crippen molar-refractivity contribution in [2.75, 3.05) is 32.8 Å². The molecule has 0 aliphatic carbocycles. The average molecular weight is 479 g/mol. The van der Waals surface area contributed by atoms with Gasteiger partial charge in [0.25, 0.3) is 5.91 Å². The summed E-state index contributed by atoms with van der Waals surface area (Å²) in [6.45, 7) is 5.06. The lowest BCUT2D eigenvalue weighted by Gasteiger charge is -2.24. The molecule has 1 heterocycles. The van der Waals surface area contributed by atoms with Crippen molar-refractivity contribution in [2.24, 2.45) is 0 Å². The van der Waals surface area contributed by atoms with Gasteiger partial charge in [0, 0.05) is 12.6 Å². The van der Waals surface area contributed by atoms with Crippen LogP contribution in [0.3, 0.4) is 0 Å². The molecule has 0 bridgehead atoms. The fourth-order valence-corrected chi connectivity index (χ4v) is 3.88. The molecule has 1 amide bonds. The molecule has 1 atom stereocenters. The topological polar surface area (TPSA) is 67.9 Å². The fourth-order valence-electron chi connectivity index (χ4n) is 3.58. The van der Waals surface area contributed by atoms with E-state index in [1.807, 2.05) is 12.1 Å². The lowest BCUT2D eigenvalue weighted by atomic mass is 10.1. The Bertz CT molecular complexity index is 932. The number of benzene rings is 2. The van der Waals surface area contributed by atoms with Crippen molar-refractivity contribution in [2.45, 2.75) is 32.2 Å². The van der Waals surface area contributed by atoms with Crippen LogP contribution in [0.1, 0.15) is 48.1 Å². The van der Waals surface area contributed by atoms with Crippen molar-refractivity contribution in [1.29, 1.82) is 0 Å². The molecule has 1 saturated heterocycles. The maximum Gasteiger partial charge on any atom is 0.338 e. The molecule has 1 N–H and O–H groups in total. The zero-order valence-electron chi connectivity index (χ0n) is 18.1. The first-order chi connectivity index (χ1) is 15.4. The number of nitrogens with one attached hydrogen (secondary N) is 1. The molecule has 6 nitrogen and oxygen atoms in total. The maximum absolute atomic E-state index is 12.0. The third kappa shape index (κ3) is 7.12. The molecule has 32 heavy (non-hydrogen) atoms. The normalized spacial score (nSPS) is 14.7. The van der Waals surface area contributed by atoms with Crippen molar-refractivity contribution in [1.82, 2.24) is 10.2 Å². The Hall–Kier alpha value is -2.28. The molecule has 172 valence electrons. The van der Waals surface area contributed by atoms with E-state index in [0.29, 0.717) is 30.6 Å². The van der Waals surface area contributed by atoms with E-state index >= 15 is 0 Å². The summed E-state index contributed by atoms with van der Waals surface area (Å²) in [6.07, 6.45) is 3.17. The quantitative estimate of drug-likeness (QED) is 0.388. The molecule has 1 unspecified atom stereocenters. The molecule has 1 aliphatic rings. The molecule has 0 aromatic heterocycles. The average Bonchev–Trinajstić information content (AvgIpc) is 3.33. The van der Waals surface area contributed by atoms with E-state index in [-0.39, 0.29) is 23.1 Å². The lowest BCUT2D eigenvalue weighted by molar-refractivity contribution is -0.124. The molecule has 0 spiro atoms. The summed E-state index contributed by atoms with van der Waals surface area (Å²) in [6, 6.07) is 13.0. The first-order valence-electron chi connectivity index (χ1n) is 10.8. The Labute approximate surface area is 198 Å². The number of esters is 1. The molecule has 0 radical (unpaired) electrons. The molecule has 2 aromatic rings. The number of likely N-dealkylation sites (tertiary alicyclic amines) is 1. The number of hydrogen-bond donors (Lipinski definition) is 1. The number of ether oxygens (including phenoxy) is 2. The van der Waals surface area contributed by atoms with Gasteiger partial charge in [-0.15, -0.1) is 0 Å². The second-order valence-corrected chi connectivity index (χ2v) is 8.56. The number of carbonyl (C=O) groups excluding carboxylic acids is 2. The second-order valence-electron chi connectivity index (χ2n) is 7.75. The number of halogens is 2. The summed E-state index contributed by atoms with van der Waals surface area (Å²) in [5, 5.41) is 3.31. The first-order valence-corrected chi connectivity index (χ1v) is 11.6. The Morgan fingerprint density at radius 3 is 2.62 bits per heavy atom. The number of amides is 1. The van der Waals surface area contributed by atoms with E-state index < -0.39 is 5.97 Å². The van der Waals surface area contributed by atoms with Crippen LogP contribution in [0.15, 0.2) is 42.5 Å². The van der Waals surface area contributed by atoms with Crippen molar-refractivity contribution in [3.05, 3.63) is 63.6 Å². The van der Waals surface area contributed by atoms with Crippen molar-refractivity contribution in [3.8, 4) is 5.75 Å². The minimum atomic E-state index is -0.634. The van der Waals surface area contributed by atoms with Gasteiger partial charge in [0.2, 0.25) is 0 Å². The highest BCUT2D eigenvalue weighted by Gasteiger charge is 2.19. The van der Waals surface area contributed by atoms with Crippen LogP contribution in [-0.4, -0.2) is 49.6 Å². The van der Waals surface area contributed by atoms with Crippen LogP contribution < -0.4 is 10.1 Å². The minimum absolute atomic E-state index is 0.238. The standard InChI is InChI=1S/C24H28Cl2N2O4/c1-17(28-11-2-3-12-28)18-6-4-7-20(14-18)31-13-5-10-27-23(29)16-32-24(30)19-8-9-21(25)22(26)15-19/h4,6-9,14-15,17H,2-3,5,10-13,16H2,1H3,(H,27,29). The number of nitrogens with zero attached hydrogens (tertiary/aromatic N) is 1. The summed E-state index contributed by atoms with van der Waals surface area (Å²) >= 11 is 11.7. The molecule has 2 aromatic carbocycles. The third-order valence-electron chi connectivity index (χ3n) is 5.43. The predicted molar refractivity (Wildman–Crippen MR) is 126 cm³/mol. The van der Waals surface area contributed by atoms with Gasteiger partial charge in [-0.1, -0.05) is 35.3 Å². The fraction of sp³-hybridized carbons (Fsp3) is 0.417. The van der Waals surface area contributed by atoms with E-state index in [2.05, 4.69) is 29.3 Å². The van der Waals surface area contributed by atoms with Crippen LogP contribution in [0, 0.1) is 0 Å². The molecule has 1 fully saturated rings. The molecular formula is C24H28Cl2N2O4. The van der Waals surface area contributed by atoms with Crippen LogP contribution in [0.2, 0.25) is 10.0 Å².